The topological polar surface area (TPSA) is 122 Å². The number of aromatic nitrogens is 2. The number of nitrogens with zero attached hydrogens (tertiary/aromatic N) is 2. The minimum atomic E-state index is -0.631. The maximum atomic E-state index is 12.3. The summed E-state index contributed by atoms with van der Waals surface area (Å²) < 4.78 is 5.85. The van der Waals surface area contributed by atoms with E-state index >= 15 is 0 Å². The third-order valence-electron chi connectivity index (χ3n) is 4.10. The third kappa shape index (κ3) is 5.19. The first-order valence-corrected chi connectivity index (χ1v) is 9.01. The lowest BCUT2D eigenvalue weighted by Gasteiger charge is -2.23. The van der Waals surface area contributed by atoms with Crippen LogP contribution in [0.3, 0.4) is 0 Å². The van der Waals surface area contributed by atoms with Gasteiger partial charge in [0.2, 0.25) is 0 Å². The molecule has 0 bridgehead atoms. The highest BCUT2D eigenvalue weighted by molar-refractivity contribution is 7.80. The standard InChI is InChI=1S/C18H23N5O4S/c1-22(18(28)20-10-6-9-13(24)27-2)14-15(19)23(17(26)21-16(14)25)11-12-7-4-3-5-8-12/h3-5,7-8H,6,9-11,19H2,1-2H3,(H,20,28)(H,21,25,26). The smallest absolute Gasteiger partial charge is 0.330 e. The highest BCUT2D eigenvalue weighted by atomic mass is 32.1. The quantitative estimate of drug-likeness (QED) is 0.344. The molecule has 1 aromatic carbocycles. The van der Waals surface area contributed by atoms with E-state index in [0.717, 1.165) is 5.56 Å². The van der Waals surface area contributed by atoms with Crippen molar-refractivity contribution >= 4 is 34.8 Å². The molecule has 0 aliphatic heterocycles. The predicted molar refractivity (Wildman–Crippen MR) is 112 cm³/mol. The monoisotopic (exact) mass is 405 g/mol. The second-order valence-electron chi connectivity index (χ2n) is 6.04. The molecule has 2 aromatic rings. The Morgan fingerprint density at radius 2 is 2.00 bits per heavy atom. The number of ether oxygens (including phenoxy) is 1. The van der Waals surface area contributed by atoms with Crippen molar-refractivity contribution in [1.29, 1.82) is 0 Å². The highest BCUT2D eigenvalue weighted by Gasteiger charge is 2.19. The van der Waals surface area contributed by atoms with Gasteiger partial charge < -0.3 is 20.7 Å². The fourth-order valence-electron chi connectivity index (χ4n) is 2.57. The Morgan fingerprint density at radius 3 is 2.64 bits per heavy atom. The molecule has 0 radical (unpaired) electrons. The summed E-state index contributed by atoms with van der Waals surface area (Å²) in [5.41, 5.74) is 5.84. The molecule has 10 heteroatoms. The number of thiocarbonyl (C=S) groups is 1. The van der Waals surface area contributed by atoms with Crippen molar-refractivity contribution < 1.29 is 9.53 Å². The molecule has 9 nitrogen and oxygen atoms in total. The summed E-state index contributed by atoms with van der Waals surface area (Å²) in [4.78, 5) is 39.4. The largest absolute Gasteiger partial charge is 0.469 e. The lowest BCUT2D eigenvalue weighted by molar-refractivity contribution is -0.140. The maximum absolute atomic E-state index is 12.3. The number of rotatable bonds is 7. The number of H-pyrrole nitrogens is 1. The zero-order chi connectivity index (χ0) is 20.7. The molecule has 4 N–H and O–H groups in total. The first kappa shape index (κ1) is 21.2. The Hall–Kier alpha value is -3.14. The SMILES string of the molecule is COC(=O)CCCNC(=S)N(C)c1c(N)n(Cc2ccccc2)c(=O)[nH]c1=O. The minimum absolute atomic E-state index is 0.0128. The van der Waals surface area contributed by atoms with E-state index in [2.05, 4.69) is 15.0 Å². The van der Waals surface area contributed by atoms with Crippen LogP contribution >= 0.6 is 12.2 Å². The Bertz CT molecular complexity index is 955. The first-order chi connectivity index (χ1) is 13.3. The molecular formula is C18H23N5O4S. The molecule has 0 saturated carbocycles. The summed E-state index contributed by atoms with van der Waals surface area (Å²) in [5, 5.41) is 3.20. The van der Waals surface area contributed by atoms with E-state index in [1.165, 1.54) is 16.6 Å². The Kier molecular flexibility index (Phi) is 7.33. The van der Waals surface area contributed by atoms with Crippen LogP contribution in [0, 0.1) is 0 Å². The van der Waals surface area contributed by atoms with Gasteiger partial charge in [-0.3, -0.25) is 19.1 Å². The number of hydrogen-bond donors (Lipinski definition) is 3. The lowest BCUT2D eigenvalue weighted by atomic mass is 10.2. The second-order valence-corrected chi connectivity index (χ2v) is 6.42. The number of hydrogen-bond acceptors (Lipinski definition) is 6. The summed E-state index contributed by atoms with van der Waals surface area (Å²) >= 11 is 5.29. The number of esters is 1. The van der Waals surface area contributed by atoms with Crippen LogP contribution in [0.1, 0.15) is 18.4 Å². The molecule has 0 aliphatic carbocycles. The van der Waals surface area contributed by atoms with E-state index in [1.807, 2.05) is 30.3 Å². The first-order valence-electron chi connectivity index (χ1n) is 8.60. The van der Waals surface area contributed by atoms with E-state index in [-0.39, 0.29) is 35.6 Å². The van der Waals surface area contributed by atoms with Gasteiger partial charge >= 0.3 is 11.7 Å². The Balaban J connectivity index is 2.18. The molecule has 0 atom stereocenters. The van der Waals surface area contributed by atoms with Crippen LogP contribution in [0.2, 0.25) is 0 Å². The molecule has 0 aliphatic rings. The highest BCUT2D eigenvalue weighted by Crippen LogP contribution is 2.16. The normalized spacial score (nSPS) is 10.4. The van der Waals surface area contributed by atoms with Crippen molar-refractivity contribution in [2.45, 2.75) is 19.4 Å². The van der Waals surface area contributed by atoms with Crippen LogP contribution in [-0.2, 0) is 16.1 Å². The van der Waals surface area contributed by atoms with Gasteiger partial charge in [-0.15, -0.1) is 0 Å². The molecule has 1 aromatic heterocycles. The molecule has 0 saturated heterocycles. The van der Waals surface area contributed by atoms with Crippen LogP contribution in [0.5, 0.6) is 0 Å². The second kappa shape index (κ2) is 9.70. The van der Waals surface area contributed by atoms with Gasteiger partial charge in [0.15, 0.2) is 5.11 Å². The summed E-state index contributed by atoms with van der Waals surface area (Å²) in [6.07, 6.45) is 0.764. The number of aromatic amines is 1. The number of nitrogen functional groups attached to an aromatic ring is 1. The van der Waals surface area contributed by atoms with Crippen molar-refractivity contribution in [3.8, 4) is 0 Å². The van der Waals surface area contributed by atoms with Crippen molar-refractivity contribution in [3.63, 3.8) is 0 Å². The zero-order valence-electron chi connectivity index (χ0n) is 15.7. The maximum Gasteiger partial charge on any atom is 0.330 e. The van der Waals surface area contributed by atoms with Gasteiger partial charge in [-0.2, -0.15) is 0 Å². The fraction of sp³-hybridized carbons (Fsp3) is 0.333. The third-order valence-corrected chi connectivity index (χ3v) is 4.52. The summed E-state index contributed by atoms with van der Waals surface area (Å²) in [5.74, 6) is -0.298. The van der Waals surface area contributed by atoms with Crippen LogP contribution in [0.25, 0.3) is 0 Å². The van der Waals surface area contributed by atoms with Crippen molar-refractivity contribution in [3.05, 3.63) is 56.7 Å². The van der Waals surface area contributed by atoms with Crippen LogP contribution in [0.15, 0.2) is 39.9 Å². The van der Waals surface area contributed by atoms with Gasteiger partial charge in [0.25, 0.3) is 5.56 Å². The molecule has 0 amide bonds. The molecule has 0 spiro atoms. The van der Waals surface area contributed by atoms with Gasteiger partial charge in [-0.05, 0) is 24.2 Å². The van der Waals surface area contributed by atoms with Crippen LogP contribution in [-0.4, -0.2) is 41.3 Å². The van der Waals surface area contributed by atoms with Gasteiger partial charge in [0.05, 0.1) is 13.7 Å². The Labute approximate surface area is 167 Å². The number of carbonyl (C=O) groups is 1. The number of nitrogens with one attached hydrogen (secondary N) is 2. The lowest BCUT2D eigenvalue weighted by Crippen LogP contribution is -2.43. The van der Waals surface area contributed by atoms with Gasteiger partial charge in [-0.1, -0.05) is 30.3 Å². The number of carbonyl (C=O) groups excluding carboxylic acids is 1. The van der Waals surface area contributed by atoms with Crippen molar-refractivity contribution in [2.75, 3.05) is 31.3 Å². The van der Waals surface area contributed by atoms with Crippen molar-refractivity contribution in [1.82, 2.24) is 14.9 Å². The minimum Gasteiger partial charge on any atom is -0.469 e. The average Bonchev–Trinajstić information content (AvgIpc) is 2.68. The molecular weight excluding hydrogens is 382 g/mol. The summed E-state index contributed by atoms with van der Waals surface area (Å²) in [6, 6.07) is 9.28. The Morgan fingerprint density at radius 1 is 1.32 bits per heavy atom. The molecule has 0 unspecified atom stereocenters. The zero-order valence-corrected chi connectivity index (χ0v) is 16.5. The average molecular weight is 405 g/mol. The number of methoxy groups -OCH3 is 1. The van der Waals surface area contributed by atoms with Crippen LogP contribution in [0.4, 0.5) is 11.5 Å². The predicted octanol–water partition coefficient (Wildman–Crippen LogP) is 0.431. The molecule has 2 rings (SSSR count). The molecule has 1 heterocycles. The molecule has 150 valence electrons. The number of anilines is 2. The van der Waals surface area contributed by atoms with E-state index in [0.29, 0.717) is 13.0 Å². The number of nitrogens with two attached hydrogens (primary N) is 1. The summed E-state index contributed by atoms with van der Waals surface area (Å²) in [6.45, 7) is 0.627. The van der Waals surface area contributed by atoms with Gasteiger partial charge in [0.1, 0.15) is 11.5 Å². The van der Waals surface area contributed by atoms with E-state index in [4.69, 9.17) is 18.0 Å². The number of benzene rings is 1. The van der Waals surface area contributed by atoms with E-state index in [1.54, 1.807) is 7.05 Å². The molecule has 0 fully saturated rings. The molecule has 28 heavy (non-hydrogen) atoms. The van der Waals surface area contributed by atoms with E-state index < -0.39 is 11.2 Å². The van der Waals surface area contributed by atoms with Crippen molar-refractivity contribution in [2.24, 2.45) is 0 Å². The van der Waals surface area contributed by atoms with Gasteiger partial charge in [0, 0.05) is 20.0 Å². The summed E-state index contributed by atoms with van der Waals surface area (Å²) in [7, 11) is 2.90. The fourth-order valence-corrected chi connectivity index (χ4v) is 2.77. The van der Waals surface area contributed by atoms with Crippen LogP contribution < -0.4 is 27.2 Å². The van der Waals surface area contributed by atoms with E-state index in [9.17, 15) is 14.4 Å². The van der Waals surface area contributed by atoms with Gasteiger partial charge in [-0.25, -0.2) is 4.79 Å².